The first-order chi connectivity index (χ1) is 13.3. The monoisotopic (exact) mass is 360 g/mol. The number of fused-ring (bicyclic) bond motifs is 1. The Kier molecular flexibility index (Phi) is 5.05. The molecule has 4 heteroatoms. The highest BCUT2D eigenvalue weighted by Gasteiger charge is 2.22. The number of rotatable bonds is 4. The number of ether oxygens (including phenoxy) is 1. The number of hydrogen-bond donors (Lipinski definition) is 0. The summed E-state index contributed by atoms with van der Waals surface area (Å²) >= 11 is 0. The zero-order chi connectivity index (χ0) is 18.6. The van der Waals surface area contributed by atoms with Gasteiger partial charge in [0, 0.05) is 24.0 Å². The number of pyridine rings is 1. The molecule has 2 aromatic carbocycles. The van der Waals surface area contributed by atoms with E-state index in [9.17, 15) is 4.79 Å². The van der Waals surface area contributed by atoms with Crippen LogP contribution in [-0.4, -0.2) is 35.5 Å². The lowest BCUT2D eigenvalue weighted by atomic mass is 10.0. The Hall–Kier alpha value is -2.88. The summed E-state index contributed by atoms with van der Waals surface area (Å²) in [4.78, 5) is 20.1. The zero-order valence-electron chi connectivity index (χ0n) is 15.6. The van der Waals surface area contributed by atoms with Gasteiger partial charge >= 0.3 is 0 Å². The Morgan fingerprint density at radius 1 is 1.04 bits per heavy atom. The fourth-order valence-corrected chi connectivity index (χ4v) is 3.72. The molecular weight excluding hydrogens is 336 g/mol. The minimum absolute atomic E-state index is 0.100. The first kappa shape index (κ1) is 17.5. The lowest BCUT2D eigenvalue weighted by molar-refractivity contribution is 0.0726. The van der Waals surface area contributed by atoms with Crippen LogP contribution in [0.1, 0.15) is 36.5 Å². The van der Waals surface area contributed by atoms with Crippen LogP contribution >= 0.6 is 0 Å². The highest BCUT2D eigenvalue weighted by atomic mass is 16.5. The number of nitrogens with zero attached hydrogens (tertiary/aromatic N) is 2. The third kappa shape index (κ3) is 3.52. The van der Waals surface area contributed by atoms with Crippen LogP contribution in [0.15, 0.2) is 54.6 Å². The van der Waals surface area contributed by atoms with E-state index in [1.54, 1.807) is 0 Å². The van der Waals surface area contributed by atoms with Crippen molar-refractivity contribution in [2.24, 2.45) is 0 Å². The second kappa shape index (κ2) is 7.78. The lowest BCUT2D eigenvalue weighted by Gasteiger charge is -2.27. The maximum Gasteiger partial charge on any atom is 0.254 e. The number of carbonyl (C=O) groups excluding carboxylic acids is 1. The van der Waals surface area contributed by atoms with E-state index in [0.29, 0.717) is 6.61 Å². The molecule has 0 radical (unpaired) electrons. The minimum atomic E-state index is 0.100. The van der Waals surface area contributed by atoms with Crippen molar-refractivity contribution in [3.8, 4) is 17.0 Å². The summed E-state index contributed by atoms with van der Waals surface area (Å²) in [5, 5.41) is 0.908. The molecule has 3 aromatic rings. The molecule has 1 aliphatic rings. The normalized spacial score (nSPS) is 14.3. The Labute approximate surface area is 159 Å². The second-order valence-electron chi connectivity index (χ2n) is 6.85. The van der Waals surface area contributed by atoms with Crippen LogP contribution in [0.5, 0.6) is 5.75 Å². The maximum atomic E-state index is 13.3. The fourth-order valence-electron chi connectivity index (χ4n) is 3.72. The Balaban J connectivity index is 1.85. The van der Waals surface area contributed by atoms with Crippen molar-refractivity contribution in [3.63, 3.8) is 0 Å². The fraction of sp³-hybridized carbons (Fsp3) is 0.304. The first-order valence-corrected chi connectivity index (χ1v) is 9.69. The molecule has 0 atom stereocenters. The number of carbonyl (C=O) groups is 1. The van der Waals surface area contributed by atoms with E-state index in [0.717, 1.165) is 59.4 Å². The van der Waals surface area contributed by atoms with Crippen molar-refractivity contribution in [2.75, 3.05) is 19.7 Å². The summed E-state index contributed by atoms with van der Waals surface area (Å²) in [6, 6.07) is 17.7. The van der Waals surface area contributed by atoms with Crippen molar-refractivity contribution < 1.29 is 9.53 Å². The van der Waals surface area contributed by atoms with E-state index in [2.05, 4.69) is 0 Å². The van der Waals surface area contributed by atoms with Gasteiger partial charge in [-0.05, 0) is 50.5 Å². The summed E-state index contributed by atoms with van der Waals surface area (Å²) in [7, 11) is 0. The van der Waals surface area contributed by atoms with Crippen LogP contribution in [0.3, 0.4) is 0 Å². The first-order valence-electron chi connectivity index (χ1n) is 9.69. The van der Waals surface area contributed by atoms with Gasteiger partial charge in [-0.3, -0.25) is 4.79 Å². The summed E-state index contributed by atoms with van der Waals surface area (Å²) in [5.74, 6) is 0.891. The molecular formula is C23H24N2O2. The second-order valence-corrected chi connectivity index (χ2v) is 6.85. The van der Waals surface area contributed by atoms with E-state index in [4.69, 9.17) is 9.72 Å². The SMILES string of the molecule is CCOc1ccccc1-c1cc(C(=O)N2CCCCC2)c2ccccc2n1. The van der Waals surface area contributed by atoms with Gasteiger partial charge in [0.1, 0.15) is 5.75 Å². The van der Waals surface area contributed by atoms with E-state index in [-0.39, 0.29) is 5.91 Å². The molecule has 4 nitrogen and oxygen atoms in total. The van der Waals surface area contributed by atoms with E-state index in [1.807, 2.05) is 66.4 Å². The van der Waals surface area contributed by atoms with Gasteiger partial charge in [-0.25, -0.2) is 4.98 Å². The summed E-state index contributed by atoms with van der Waals surface area (Å²) in [6.45, 7) is 4.22. The van der Waals surface area contributed by atoms with Crippen LogP contribution in [-0.2, 0) is 0 Å². The standard InChI is InChI=1S/C23H24N2O2/c1-2-27-22-13-7-5-11-18(22)21-16-19(17-10-4-6-12-20(17)24-21)23(26)25-14-8-3-9-15-25/h4-7,10-13,16H,2-3,8-9,14-15H2,1H3. The number of benzene rings is 2. The smallest absolute Gasteiger partial charge is 0.254 e. The van der Waals surface area contributed by atoms with Gasteiger partial charge in [-0.2, -0.15) is 0 Å². The van der Waals surface area contributed by atoms with Crippen LogP contribution < -0.4 is 4.74 Å². The van der Waals surface area contributed by atoms with Gasteiger partial charge in [0.15, 0.2) is 0 Å². The maximum absolute atomic E-state index is 13.3. The molecule has 1 aromatic heterocycles. The molecule has 1 fully saturated rings. The third-order valence-corrected chi connectivity index (χ3v) is 5.05. The molecule has 27 heavy (non-hydrogen) atoms. The van der Waals surface area contributed by atoms with Crippen LogP contribution in [0, 0.1) is 0 Å². The average Bonchev–Trinajstić information content (AvgIpc) is 2.74. The Morgan fingerprint density at radius 2 is 1.78 bits per heavy atom. The van der Waals surface area contributed by atoms with Gasteiger partial charge in [0.05, 0.1) is 23.4 Å². The van der Waals surface area contributed by atoms with Crippen molar-refractivity contribution in [1.29, 1.82) is 0 Å². The van der Waals surface area contributed by atoms with Gasteiger partial charge in [-0.15, -0.1) is 0 Å². The largest absolute Gasteiger partial charge is 0.493 e. The number of aromatic nitrogens is 1. The quantitative estimate of drug-likeness (QED) is 0.663. The number of piperidine rings is 1. The van der Waals surface area contributed by atoms with Crippen molar-refractivity contribution in [3.05, 3.63) is 60.2 Å². The average molecular weight is 360 g/mol. The van der Waals surface area contributed by atoms with Crippen LogP contribution in [0.25, 0.3) is 22.2 Å². The summed E-state index contributed by atoms with van der Waals surface area (Å²) in [5.41, 5.74) is 3.25. The van der Waals surface area contributed by atoms with Gasteiger partial charge in [0.2, 0.25) is 0 Å². The van der Waals surface area contributed by atoms with Crippen molar-refractivity contribution in [2.45, 2.75) is 26.2 Å². The van der Waals surface area contributed by atoms with Gasteiger partial charge < -0.3 is 9.64 Å². The Morgan fingerprint density at radius 3 is 2.59 bits per heavy atom. The van der Waals surface area contributed by atoms with Gasteiger partial charge in [0.25, 0.3) is 5.91 Å². The van der Waals surface area contributed by atoms with E-state index in [1.165, 1.54) is 6.42 Å². The molecule has 0 saturated carbocycles. The molecule has 1 amide bonds. The molecule has 0 aliphatic carbocycles. The van der Waals surface area contributed by atoms with Crippen LogP contribution in [0.2, 0.25) is 0 Å². The predicted molar refractivity (Wildman–Crippen MR) is 108 cm³/mol. The molecule has 0 N–H and O–H groups in total. The summed E-state index contributed by atoms with van der Waals surface area (Å²) < 4.78 is 5.78. The number of likely N-dealkylation sites (tertiary alicyclic amines) is 1. The Bertz CT molecular complexity index is 962. The van der Waals surface area contributed by atoms with Crippen LogP contribution in [0.4, 0.5) is 0 Å². The lowest BCUT2D eigenvalue weighted by Crippen LogP contribution is -2.35. The number of hydrogen-bond acceptors (Lipinski definition) is 3. The minimum Gasteiger partial charge on any atom is -0.493 e. The van der Waals surface area contributed by atoms with Crippen molar-refractivity contribution in [1.82, 2.24) is 9.88 Å². The highest BCUT2D eigenvalue weighted by Crippen LogP contribution is 2.32. The highest BCUT2D eigenvalue weighted by molar-refractivity contribution is 6.07. The third-order valence-electron chi connectivity index (χ3n) is 5.05. The summed E-state index contributed by atoms with van der Waals surface area (Å²) in [6.07, 6.45) is 3.36. The van der Waals surface area contributed by atoms with E-state index >= 15 is 0 Å². The number of para-hydroxylation sites is 2. The molecule has 1 aliphatic heterocycles. The topological polar surface area (TPSA) is 42.4 Å². The molecule has 4 rings (SSSR count). The predicted octanol–water partition coefficient (Wildman–Crippen LogP) is 4.93. The molecule has 0 bridgehead atoms. The zero-order valence-corrected chi connectivity index (χ0v) is 15.6. The molecule has 138 valence electrons. The molecule has 0 spiro atoms. The molecule has 0 unspecified atom stereocenters. The number of amides is 1. The van der Waals surface area contributed by atoms with Gasteiger partial charge in [-0.1, -0.05) is 30.3 Å². The van der Waals surface area contributed by atoms with E-state index < -0.39 is 0 Å². The molecule has 1 saturated heterocycles. The molecule has 2 heterocycles. The van der Waals surface area contributed by atoms with Crippen molar-refractivity contribution >= 4 is 16.8 Å².